The molecular formula is C13H16O5. The van der Waals surface area contributed by atoms with Crippen molar-refractivity contribution in [3.63, 3.8) is 0 Å². The highest BCUT2D eigenvalue weighted by atomic mass is 16.6. The van der Waals surface area contributed by atoms with Gasteiger partial charge in [0, 0.05) is 5.56 Å². The van der Waals surface area contributed by atoms with Gasteiger partial charge in [-0.25, -0.2) is 0 Å². The van der Waals surface area contributed by atoms with Crippen LogP contribution >= 0.6 is 0 Å². The standard InChI is InChI=1S/C7H6O2.C6H10O3/c8-5-6-2-1-3-7(9)4-6;1(5-3-8-5)7-2-6-4-9-6/h1-5,9H;5-6H,1-4H2. The quantitative estimate of drug-likeness (QED) is 0.625. The first kappa shape index (κ1) is 13.0. The molecule has 1 aromatic carbocycles. The van der Waals surface area contributed by atoms with Gasteiger partial charge in [-0.1, -0.05) is 12.1 Å². The second kappa shape index (κ2) is 6.49. The number of carbonyl (C=O) groups excluding carboxylic acids is 1. The number of epoxide rings is 2. The Balaban J connectivity index is 0.000000134. The Bertz CT molecular complexity index is 373. The number of ether oxygens (including phenoxy) is 3. The SMILES string of the molecule is C(OCC1CO1)C1CO1.O=Cc1cccc(O)c1. The fraction of sp³-hybridized carbons (Fsp3) is 0.462. The van der Waals surface area contributed by atoms with Crippen LogP contribution < -0.4 is 0 Å². The molecule has 3 rings (SSSR count). The van der Waals surface area contributed by atoms with Crippen LogP contribution in [0.2, 0.25) is 0 Å². The van der Waals surface area contributed by atoms with Gasteiger partial charge in [0.05, 0.1) is 26.4 Å². The van der Waals surface area contributed by atoms with Crippen molar-refractivity contribution in [1.29, 1.82) is 0 Å². The molecule has 2 atom stereocenters. The molecule has 2 aliphatic heterocycles. The molecule has 2 aliphatic rings. The molecule has 0 spiro atoms. The maximum atomic E-state index is 10.0. The van der Waals surface area contributed by atoms with Crippen LogP contribution in [0.15, 0.2) is 24.3 Å². The van der Waals surface area contributed by atoms with Crippen molar-refractivity contribution in [2.75, 3.05) is 26.4 Å². The number of carbonyl (C=O) groups is 1. The Morgan fingerprint density at radius 2 is 1.89 bits per heavy atom. The number of aromatic hydroxyl groups is 1. The normalized spacial score (nSPS) is 23.8. The highest BCUT2D eigenvalue weighted by Gasteiger charge is 2.26. The zero-order valence-corrected chi connectivity index (χ0v) is 9.95. The lowest BCUT2D eigenvalue weighted by molar-refractivity contribution is 0.102. The number of hydrogen-bond donors (Lipinski definition) is 1. The number of hydrogen-bond acceptors (Lipinski definition) is 5. The van der Waals surface area contributed by atoms with E-state index in [1.807, 2.05) is 0 Å². The van der Waals surface area contributed by atoms with Crippen LogP contribution in [0, 0.1) is 0 Å². The van der Waals surface area contributed by atoms with Gasteiger partial charge in [-0.2, -0.15) is 0 Å². The highest BCUT2D eigenvalue weighted by Crippen LogP contribution is 2.12. The van der Waals surface area contributed by atoms with Crippen molar-refractivity contribution >= 4 is 6.29 Å². The molecule has 2 heterocycles. The van der Waals surface area contributed by atoms with E-state index in [9.17, 15) is 4.79 Å². The highest BCUT2D eigenvalue weighted by molar-refractivity contribution is 5.75. The number of benzene rings is 1. The minimum atomic E-state index is 0.125. The predicted octanol–water partition coefficient (Wildman–Crippen LogP) is 1.01. The van der Waals surface area contributed by atoms with Crippen molar-refractivity contribution in [2.45, 2.75) is 12.2 Å². The van der Waals surface area contributed by atoms with E-state index in [0.717, 1.165) is 26.4 Å². The number of phenolic OH excluding ortho intramolecular Hbond substituents is 1. The summed E-state index contributed by atoms with van der Waals surface area (Å²) in [5.41, 5.74) is 0.495. The summed E-state index contributed by atoms with van der Waals surface area (Å²) in [7, 11) is 0. The van der Waals surface area contributed by atoms with Crippen LogP contribution in [-0.4, -0.2) is 50.0 Å². The minimum absolute atomic E-state index is 0.125. The molecule has 2 fully saturated rings. The Morgan fingerprint density at radius 1 is 1.28 bits per heavy atom. The van der Waals surface area contributed by atoms with E-state index < -0.39 is 0 Å². The molecule has 1 N–H and O–H groups in total. The maximum absolute atomic E-state index is 10.0. The van der Waals surface area contributed by atoms with E-state index in [4.69, 9.17) is 19.3 Å². The summed E-state index contributed by atoms with van der Waals surface area (Å²) in [6.45, 7) is 3.26. The third-order valence-electron chi connectivity index (χ3n) is 2.42. The lowest BCUT2D eigenvalue weighted by Crippen LogP contribution is -2.06. The van der Waals surface area contributed by atoms with E-state index in [0.29, 0.717) is 24.1 Å². The largest absolute Gasteiger partial charge is 0.508 e. The molecule has 2 unspecified atom stereocenters. The number of aldehydes is 1. The zero-order valence-electron chi connectivity index (χ0n) is 9.95. The van der Waals surface area contributed by atoms with Crippen molar-refractivity contribution in [3.8, 4) is 5.75 Å². The fourth-order valence-electron chi connectivity index (χ4n) is 1.26. The molecule has 0 amide bonds. The van der Waals surface area contributed by atoms with Crippen molar-refractivity contribution in [1.82, 2.24) is 0 Å². The minimum Gasteiger partial charge on any atom is -0.508 e. The first-order valence-corrected chi connectivity index (χ1v) is 5.83. The Labute approximate surface area is 105 Å². The third kappa shape index (κ3) is 5.27. The summed E-state index contributed by atoms with van der Waals surface area (Å²) >= 11 is 0. The average Bonchev–Trinajstić information content (AvgIpc) is 3.24. The van der Waals surface area contributed by atoms with E-state index in [1.165, 1.54) is 12.1 Å². The molecule has 5 nitrogen and oxygen atoms in total. The van der Waals surface area contributed by atoms with Gasteiger partial charge in [-0.3, -0.25) is 4.79 Å². The van der Waals surface area contributed by atoms with Crippen LogP contribution in [0.1, 0.15) is 10.4 Å². The number of rotatable bonds is 5. The monoisotopic (exact) mass is 252 g/mol. The van der Waals surface area contributed by atoms with Gasteiger partial charge in [-0.05, 0) is 12.1 Å². The lowest BCUT2D eigenvalue weighted by Gasteiger charge is -1.95. The first-order chi connectivity index (χ1) is 8.78. The zero-order chi connectivity index (χ0) is 12.8. The fourth-order valence-corrected chi connectivity index (χ4v) is 1.26. The third-order valence-corrected chi connectivity index (χ3v) is 2.42. The van der Waals surface area contributed by atoms with E-state index >= 15 is 0 Å². The van der Waals surface area contributed by atoms with Crippen LogP contribution in [0.5, 0.6) is 5.75 Å². The van der Waals surface area contributed by atoms with Crippen LogP contribution in [-0.2, 0) is 14.2 Å². The second-order valence-corrected chi connectivity index (χ2v) is 4.16. The molecule has 1 aromatic rings. The topological polar surface area (TPSA) is 71.6 Å². The van der Waals surface area contributed by atoms with Gasteiger partial charge in [0.2, 0.25) is 0 Å². The Kier molecular flexibility index (Phi) is 4.69. The van der Waals surface area contributed by atoms with Gasteiger partial charge in [0.1, 0.15) is 24.2 Å². The molecular weight excluding hydrogens is 236 g/mol. The molecule has 98 valence electrons. The van der Waals surface area contributed by atoms with Gasteiger partial charge in [0.25, 0.3) is 0 Å². The van der Waals surface area contributed by atoms with Crippen LogP contribution in [0.25, 0.3) is 0 Å². The van der Waals surface area contributed by atoms with Crippen LogP contribution in [0.3, 0.4) is 0 Å². The van der Waals surface area contributed by atoms with Gasteiger partial charge >= 0.3 is 0 Å². The molecule has 0 saturated carbocycles. The first-order valence-electron chi connectivity index (χ1n) is 5.83. The second-order valence-electron chi connectivity index (χ2n) is 4.16. The summed E-state index contributed by atoms with van der Waals surface area (Å²) < 4.78 is 15.1. The smallest absolute Gasteiger partial charge is 0.150 e. The Morgan fingerprint density at radius 3 is 2.28 bits per heavy atom. The van der Waals surface area contributed by atoms with Gasteiger partial charge < -0.3 is 19.3 Å². The predicted molar refractivity (Wildman–Crippen MR) is 63.8 cm³/mol. The van der Waals surface area contributed by atoms with E-state index in [1.54, 1.807) is 12.1 Å². The Hall–Kier alpha value is -1.43. The van der Waals surface area contributed by atoms with E-state index in [2.05, 4.69) is 0 Å². The summed E-state index contributed by atoms with van der Waals surface area (Å²) in [5, 5.41) is 8.79. The average molecular weight is 252 g/mol. The molecule has 0 bridgehead atoms. The molecule has 0 aromatic heterocycles. The van der Waals surface area contributed by atoms with Crippen molar-refractivity contribution in [3.05, 3.63) is 29.8 Å². The lowest BCUT2D eigenvalue weighted by atomic mass is 10.2. The van der Waals surface area contributed by atoms with Crippen LogP contribution in [0.4, 0.5) is 0 Å². The maximum Gasteiger partial charge on any atom is 0.150 e. The molecule has 0 radical (unpaired) electrons. The summed E-state index contributed by atoms with van der Waals surface area (Å²) in [6, 6.07) is 6.19. The number of phenols is 1. The van der Waals surface area contributed by atoms with E-state index in [-0.39, 0.29) is 5.75 Å². The molecule has 5 heteroatoms. The summed E-state index contributed by atoms with van der Waals surface area (Å²) in [5.74, 6) is 0.125. The summed E-state index contributed by atoms with van der Waals surface area (Å²) in [4.78, 5) is 10.0. The summed E-state index contributed by atoms with van der Waals surface area (Å²) in [6.07, 6.45) is 1.48. The molecule has 2 saturated heterocycles. The molecule has 0 aliphatic carbocycles. The molecule has 18 heavy (non-hydrogen) atoms. The van der Waals surface area contributed by atoms with Gasteiger partial charge in [0.15, 0.2) is 0 Å². The van der Waals surface area contributed by atoms with Crippen molar-refractivity contribution in [2.24, 2.45) is 0 Å². The van der Waals surface area contributed by atoms with Crippen molar-refractivity contribution < 1.29 is 24.1 Å². The van der Waals surface area contributed by atoms with Gasteiger partial charge in [-0.15, -0.1) is 0 Å².